The molecule has 0 bridgehead atoms. The lowest BCUT2D eigenvalue weighted by atomic mass is 10.0. The van der Waals surface area contributed by atoms with Gasteiger partial charge in [-0.3, -0.25) is 14.5 Å². The molecule has 0 aromatic carbocycles. The number of likely N-dealkylation sites (tertiary alicyclic amines) is 1. The van der Waals surface area contributed by atoms with Gasteiger partial charge in [0.05, 0.1) is 19.5 Å². The van der Waals surface area contributed by atoms with E-state index in [1.54, 1.807) is 17.1 Å². The minimum absolute atomic E-state index is 0. The van der Waals surface area contributed by atoms with Gasteiger partial charge < -0.3 is 19.1 Å². The zero-order chi connectivity index (χ0) is 19.5. The van der Waals surface area contributed by atoms with Crippen LogP contribution in [0.15, 0.2) is 12.5 Å². The molecule has 1 aromatic heterocycles. The van der Waals surface area contributed by atoms with Gasteiger partial charge in [-0.15, -0.1) is 12.4 Å². The minimum atomic E-state index is -0.0303. The van der Waals surface area contributed by atoms with Crippen molar-refractivity contribution in [1.29, 1.82) is 0 Å². The zero-order valence-corrected chi connectivity index (χ0v) is 18.0. The third-order valence-electron chi connectivity index (χ3n) is 6.02. The summed E-state index contributed by atoms with van der Waals surface area (Å²) in [6, 6.07) is 0.107. The average Bonchev–Trinajstić information content (AvgIpc) is 3.49. The molecule has 3 aliphatic rings. The fourth-order valence-corrected chi connectivity index (χ4v) is 4.19. The molecule has 2 aliphatic heterocycles. The molecule has 4 rings (SSSR count). The molecule has 1 saturated carbocycles. The highest BCUT2D eigenvalue weighted by Crippen LogP contribution is 2.32. The number of carbonyl (C=O) groups excluding carboxylic acids is 2. The molecule has 2 saturated heterocycles. The van der Waals surface area contributed by atoms with E-state index in [0.717, 1.165) is 71.6 Å². The van der Waals surface area contributed by atoms with Gasteiger partial charge in [-0.05, 0) is 25.7 Å². The summed E-state index contributed by atoms with van der Waals surface area (Å²) < 4.78 is 7.22. The number of ether oxygens (including phenoxy) is 1. The second kappa shape index (κ2) is 9.91. The lowest BCUT2D eigenvalue weighted by Gasteiger charge is -2.40. The molecule has 3 heterocycles. The molecular formula is C20H32ClN5O3. The highest BCUT2D eigenvalue weighted by molar-refractivity contribution is 5.92. The molecule has 0 N–H and O–H groups in total. The Balaban J connectivity index is 0.00000240. The van der Waals surface area contributed by atoms with Crippen molar-refractivity contribution in [3.05, 3.63) is 18.2 Å². The standard InChI is InChI=1S/C20H31N5O3.ClH/c1-22-14-18(21-15-22)20(27)24-6-2-3-17(13-24)25(19(26)16-4-5-16)8-7-23-9-11-28-12-10-23;/h14-17H,2-13H2,1H3;1H. The fourth-order valence-electron chi connectivity index (χ4n) is 4.19. The molecule has 162 valence electrons. The van der Waals surface area contributed by atoms with Gasteiger partial charge in [0, 0.05) is 64.5 Å². The van der Waals surface area contributed by atoms with Crippen LogP contribution in [0.4, 0.5) is 0 Å². The molecule has 0 radical (unpaired) electrons. The second-order valence-electron chi connectivity index (χ2n) is 8.23. The van der Waals surface area contributed by atoms with E-state index in [0.29, 0.717) is 12.2 Å². The van der Waals surface area contributed by atoms with Crippen LogP contribution < -0.4 is 0 Å². The van der Waals surface area contributed by atoms with Crippen LogP contribution in [-0.4, -0.2) is 94.6 Å². The number of hydrogen-bond acceptors (Lipinski definition) is 5. The topological polar surface area (TPSA) is 70.9 Å². The van der Waals surface area contributed by atoms with Crippen LogP contribution >= 0.6 is 12.4 Å². The van der Waals surface area contributed by atoms with E-state index >= 15 is 0 Å². The van der Waals surface area contributed by atoms with Crippen LogP contribution in [0.5, 0.6) is 0 Å². The van der Waals surface area contributed by atoms with E-state index < -0.39 is 0 Å². The lowest BCUT2D eigenvalue weighted by molar-refractivity contribution is -0.136. The van der Waals surface area contributed by atoms with Crippen molar-refractivity contribution in [2.45, 2.75) is 31.7 Å². The number of amides is 2. The smallest absolute Gasteiger partial charge is 0.274 e. The van der Waals surface area contributed by atoms with Crippen molar-refractivity contribution in [2.75, 3.05) is 52.5 Å². The first-order chi connectivity index (χ1) is 13.6. The van der Waals surface area contributed by atoms with Gasteiger partial charge in [-0.2, -0.15) is 0 Å². The van der Waals surface area contributed by atoms with E-state index in [-0.39, 0.29) is 36.2 Å². The number of imidazole rings is 1. The Morgan fingerprint density at radius 3 is 2.62 bits per heavy atom. The van der Waals surface area contributed by atoms with Crippen LogP contribution in [0, 0.1) is 5.92 Å². The van der Waals surface area contributed by atoms with Crippen LogP contribution in [0.2, 0.25) is 0 Å². The molecule has 9 heteroatoms. The largest absolute Gasteiger partial charge is 0.379 e. The van der Waals surface area contributed by atoms with Gasteiger partial charge in [-0.25, -0.2) is 4.98 Å². The summed E-state index contributed by atoms with van der Waals surface area (Å²) in [6.45, 7) is 6.37. The van der Waals surface area contributed by atoms with E-state index in [1.165, 1.54) is 0 Å². The molecule has 1 unspecified atom stereocenters. The van der Waals surface area contributed by atoms with Crippen LogP contribution in [-0.2, 0) is 16.6 Å². The minimum Gasteiger partial charge on any atom is -0.379 e. The van der Waals surface area contributed by atoms with Crippen molar-refractivity contribution in [1.82, 2.24) is 24.3 Å². The maximum absolute atomic E-state index is 13.0. The molecular weight excluding hydrogens is 394 g/mol. The summed E-state index contributed by atoms with van der Waals surface area (Å²) in [7, 11) is 1.87. The summed E-state index contributed by atoms with van der Waals surface area (Å²) in [5.74, 6) is 0.453. The van der Waals surface area contributed by atoms with Gasteiger partial charge >= 0.3 is 0 Å². The molecule has 0 spiro atoms. The maximum atomic E-state index is 13.0. The molecule has 29 heavy (non-hydrogen) atoms. The Morgan fingerprint density at radius 1 is 1.21 bits per heavy atom. The molecule has 2 amide bonds. The number of rotatable bonds is 6. The number of piperidine rings is 1. The number of halogens is 1. The number of hydrogen-bond donors (Lipinski definition) is 0. The average molecular weight is 426 g/mol. The number of morpholine rings is 1. The Bertz CT molecular complexity index is 702. The van der Waals surface area contributed by atoms with Crippen molar-refractivity contribution < 1.29 is 14.3 Å². The Kier molecular flexibility index (Phi) is 7.54. The first-order valence-electron chi connectivity index (χ1n) is 10.5. The van der Waals surface area contributed by atoms with E-state index in [2.05, 4.69) is 14.8 Å². The van der Waals surface area contributed by atoms with Gasteiger partial charge in [0.25, 0.3) is 5.91 Å². The second-order valence-corrected chi connectivity index (χ2v) is 8.23. The Hall–Kier alpha value is -1.64. The van der Waals surface area contributed by atoms with Crippen LogP contribution in [0.25, 0.3) is 0 Å². The van der Waals surface area contributed by atoms with E-state index in [9.17, 15) is 9.59 Å². The highest BCUT2D eigenvalue weighted by atomic mass is 35.5. The SMILES string of the molecule is Cl.Cn1cnc(C(=O)N2CCCC(N(CCN3CCOCC3)C(=O)C3CC3)C2)c1. The summed E-state index contributed by atoms with van der Waals surface area (Å²) in [5.41, 5.74) is 0.483. The van der Waals surface area contributed by atoms with Gasteiger partial charge in [0.1, 0.15) is 5.69 Å². The Morgan fingerprint density at radius 2 is 1.97 bits per heavy atom. The number of nitrogens with zero attached hydrogens (tertiary/aromatic N) is 5. The van der Waals surface area contributed by atoms with Crippen molar-refractivity contribution in [2.24, 2.45) is 13.0 Å². The molecule has 1 aliphatic carbocycles. The third-order valence-corrected chi connectivity index (χ3v) is 6.02. The third kappa shape index (κ3) is 5.49. The predicted octanol–water partition coefficient (Wildman–Crippen LogP) is 1.02. The maximum Gasteiger partial charge on any atom is 0.274 e. The zero-order valence-electron chi connectivity index (χ0n) is 17.2. The molecule has 1 atom stereocenters. The summed E-state index contributed by atoms with van der Waals surface area (Å²) in [5, 5.41) is 0. The van der Waals surface area contributed by atoms with E-state index in [1.807, 2.05) is 11.9 Å². The van der Waals surface area contributed by atoms with Gasteiger partial charge in [0.15, 0.2) is 0 Å². The van der Waals surface area contributed by atoms with Crippen LogP contribution in [0.1, 0.15) is 36.2 Å². The predicted molar refractivity (Wildman–Crippen MR) is 111 cm³/mol. The molecule has 3 fully saturated rings. The van der Waals surface area contributed by atoms with Crippen molar-refractivity contribution in [3.8, 4) is 0 Å². The Labute approximate surface area is 178 Å². The van der Waals surface area contributed by atoms with Gasteiger partial charge in [-0.1, -0.05) is 0 Å². The molecule has 1 aromatic rings. The molecule has 8 nitrogen and oxygen atoms in total. The van der Waals surface area contributed by atoms with Crippen molar-refractivity contribution in [3.63, 3.8) is 0 Å². The van der Waals surface area contributed by atoms with Crippen LogP contribution in [0.3, 0.4) is 0 Å². The summed E-state index contributed by atoms with van der Waals surface area (Å²) >= 11 is 0. The van der Waals surface area contributed by atoms with Gasteiger partial charge in [0.2, 0.25) is 5.91 Å². The first-order valence-corrected chi connectivity index (χ1v) is 10.5. The summed E-state index contributed by atoms with van der Waals surface area (Å²) in [4.78, 5) is 36.3. The number of aromatic nitrogens is 2. The quantitative estimate of drug-likeness (QED) is 0.680. The monoisotopic (exact) mass is 425 g/mol. The first kappa shape index (κ1) is 22.1. The fraction of sp³-hybridized carbons (Fsp3) is 0.750. The normalized spacial score (nSPS) is 22.8. The lowest BCUT2D eigenvalue weighted by Crippen LogP contribution is -2.54. The number of carbonyl (C=O) groups is 2. The van der Waals surface area contributed by atoms with Crippen molar-refractivity contribution >= 4 is 24.2 Å². The number of aryl methyl sites for hydroxylation is 1. The highest BCUT2D eigenvalue weighted by Gasteiger charge is 2.38. The van der Waals surface area contributed by atoms with E-state index in [4.69, 9.17) is 4.74 Å². The summed E-state index contributed by atoms with van der Waals surface area (Å²) in [6.07, 6.45) is 7.33.